The van der Waals surface area contributed by atoms with Crippen molar-refractivity contribution in [3.63, 3.8) is 0 Å². The number of hydrogen-bond acceptors (Lipinski definition) is 4. The second-order valence-electron chi connectivity index (χ2n) is 7.68. The summed E-state index contributed by atoms with van der Waals surface area (Å²) in [6.45, 7) is 2.77. The largest absolute Gasteiger partial charge is 0.433 e. The number of carbonyl (C=O) groups is 1. The Morgan fingerprint density at radius 1 is 1.00 bits per heavy atom. The van der Waals surface area contributed by atoms with Crippen molar-refractivity contribution < 1.29 is 26.4 Å². The minimum absolute atomic E-state index is 0.0260. The first-order valence-electron chi connectivity index (χ1n) is 9.64. The van der Waals surface area contributed by atoms with Gasteiger partial charge in [-0.15, -0.1) is 0 Å². The van der Waals surface area contributed by atoms with Crippen LogP contribution in [0, 0.1) is 0 Å². The van der Waals surface area contributed by atoms with E-state index < -0.39 is 21.9 Å². The van der Waals surface area contributed by atoms with E-state index in [2.05, 4.69) is 4.98 Å². The van der Waals surface area contributed by atoms with Gasteiger partial charge in [-0.1, -0.05) is 30.3 Å². The number of rotatable bonds is 4. The van der Waals surface area contributed by atoms with Crippen molar-refractivity contribution in [3.8, 4) is 0 Å². The Hall–Kier alpha value is -2.72. The van der Waals surface area contributed by atoms with Crippen LogP contribution in [-0.2, 0) is 21.0 Å². The molecule has 2 aliphatic rings. The van der Waals surface area contributed by atoms with Gasteiger partial charge in [0.2, 0.25) is 15.9 Å². The van der Waals surface area contributed by atoms with E-state index in [1.165, 1.54) is 4.31 Å². The van der Waals surface area contributed by atoms with Crippen LogP contribution in [0.4, 0.5) is 13.2 Å². The molecule has 0 saturated heterocycles. The van der Waals surface area contributed by atoms with Crippen LogP contribution in [0.3, 0.4) is 0 Å². The fourth-order valence-corrected chi connectivity index (χ4v) is 5.25. The molecule has 0 saturated carbocycles. The fourth-order valence-electron chi connectivity index (χ4n) is 3.88. The molecule has 0 spiro atoms. The van der Waals surface area contributed by atoms with Gasteiger partial charge in [-0.05, 0) is 35.8 Å². The topological polar surface area (TPSA) is 70.6 Å². The summed E-state index contributed by atoms with van der Waals surface area (Å²) in [7, 11) is -3.98. The van der Waals surface area contributed by atoms with Crippen LogP contribution in [0.2, 0.25) is 0 Å². The average molecular weight is 451 g/mol. The maximum Gasteiger partial charge on any atom is 0.433 e. The molecule has 1 atom stereocenters. The molecule has 0 radical (unpaired) electrons. The zero-order valence-electron chi connectivity index (χ0n) is 16.6. The van der Waals surface area contributed by atoms with Crippen LogP contribution >= 0.6 is 0 Å². The number of aromatic nitrogens is 1. The standard InChI is InChI=1S/C21H20F3N3O3S/c1-14(15-5-3-2-4-6-15)20(28)26-10-16-12-27(13-17(16)11-26)31(29,30)18-7-8-19(25-9-18)21(22,23)24/h2-9,14H,10-13H2,1H3/t14-/m1/s1. The average Bonchev–Trinajstić information content (AvgIpc) is 3.33. The minimum atomic E-state index is -4.63. The number of pyridine rings is 1. The number of benzene rings is 1. The van der Waals surface area contributed by atoms with Gasteiger partial charge < -0.3 is 4.90 Å². The third-order valence-corrected chi connectivity index (χ3v) is 7.42. The van der Waals surface area contributed by atoms with Crippen LogP contribution in [-0.4, -0.2) is 54.7 Å². The van der Waals surface area contributed by atoms with E-state index in [0.29, 0.717) is 19.2 Å². The predicted molar refractivity (Wildman–Crippen MR) is 106 cm³/mol. The highest BCUT2D eigenvalue weighted by Gasteiger charge is 2.39. The number of amides is 1. The molecule has 6 nitrogen and oxygen atoms in total. The van der Waals surface area contributed by atoms with E-state index >= 15 is 0 Å². The number of hydrogen-bond donors (Lipinski definition) is 0. The van der Waals surface area contributed by atoms with Crippen molar-refractivity contribution in [1.29, 1.82) is 0 Å². The highest BCUT2D eigenvalue weighted by atomic mass is 32.2. The zero-order valence-corrected chi connectivity index (χ0v) is 17.4. The van der Waals surface area contributed by atoms with Crippen LogP contribution in [0.1, 0.15) is 24.1 Å². The molecule has 3 heterocycles. The summed E-state index contributed by atoms with van der Waals surface area (Å²) in [6, 6.07) is 11.0. The van der Waals surface area contributed by atoms with Crippen LogP contribution in [0.15, 0.2) is 64.7 Å². The molecule has 31 heavy (non-hydrogen) atoms. The molecular weight excluding hydrogens is 431 g/mol. The lowest BCUT2D eigenvalue weighted by atomic mass is 10.00. The first kappa shape index (κ1) is 21.5. The molecule has 2 aromatic rings. The third kappa shape index (κ3) is 4.09. The Morgan fingerprint density at radius 3 is 2.13 bits per heavy atom. The van der Waals surface area contributed by atoms with E-state index in [0.717, 1.165) is 29.0 Å². The van der Waals surface area contributed by atoms with Gasteiger partial charge in [0, 0.05) is 32.4 Å². The Kier molecular flexibility index (Phi) is 5.38. The Balaban J connectivity index is 1.42. The Bertz CT molecular complexity index is 1110. The van der Waals surface area contributed by atoms with Gasteiger partial charge >= 0.3 is 6.18 Å². The second-order valence-corrected chi connectivity index (χ2v) is 9.62. The van der Waals surface area contributed by atoms with Crippen molar-refractivity contribution in [3.05, 3.63) is 71.1 Å². The highest BCUT2D eigenvalue weighted by molar-refractivity contribution is 7.89. The molecule has 1 amide bonds. The van der Waals surface area contributed by atoms with Crippen molar-refractivity contribution in [1.82, 2.24) is 14.2 Å². The zero-order chi connectivity index (χ0) is 22.4. The summed E-state index contributed by atoms with van der Waals surface area (Å²) in [6.07, 6.45) is -3.90. The number of nitrogens with zero attached hydrogens (tertiary/aromatic N) is 3. The quantitative estimate of drug-likeness (QED) is 0.670. The van der Waals surface area contributed by atoms with Gasteiger partial charge in [0.1, 0.15) is 10.6 Å². The summed E-state index contributed by atoms with van der Waals surface area (Å²) in [4.78, 5) is 17.5. The molecule has 0 bridgehead atoms. The number of halogens is 3. The molecule has 1 aromatic carbocycles. The summed E-state index contributed by atoms with van der Waals surface area (Å²) in [5.41, 5.74) is 1.49. The fraction of sp³-hybridized carbons (Fsp3) is 0.333. The maximum absolute atomic E-state index is 12.9. The number of alkyl halides is 3. The molecule has 0 fully saturated rings. The van der Waals surface area contributed by atoms with Gasteiger partial charge in [-0.3, -0.25) is 9.78 Å². The lowest BCUT2D eigenvalue weighted by Gasteiger charge is -2.25. The Morgan fingerprint density at radius 2 is 1.61 bits per heavy atom. The van der Waals surface area contributed by atoms with E-state index in [4.69, 9.17) is 0 Å². The smallest absolute Gasteiger partial charge is 0.334 e. The molecule has 0 unspecified atom stereocenters. The van der Waals surface area contributed by atoms with E-state index in [1.807, 2.05) is 37.3 Å². The lowest BCUT2D eigenvalue weighted by molar-refractivity contribution is -0.141. The van der Waals surface area contributed by atoms with Gasteiger partial charge in [0.05, 0.1) is 5.92 Å². The van der Waals surface area contributed by atoms with Crippen LogP contribution in [0.5, 0.6) is 0 Å². The second kappa shape index (κ2) is 7.76. The number of carbonyl (C=O) groups excluding carboxylic acids is 1. The van der Waals surface area contributed by atoms with Crippen LogP contribution in [0.25, 0.3) is 0 Å². The monoisotopic (exact) mass is 451 g/mol. The summed E-state index contributed by atoms with van der Waals surface area (Å²) in [5, 5.41) is 0. The molecule has 0 N–H and O–H groups in total. The van der Waals surface area contributed by atoms with E-state index in [-0.39, 0.29) is 29.8 Å². The minimum Gasteiger partial charge on any atom is -0.334 e. The first-order chi connectivity index (χ1) is 14.6. The van der Waals surface area contributed by atoms with Crippen molar-refractivity contribution in [2.24, 2.45) is 0 Å². The van der Waals surface area contributed by atoms with Gasteiger partial charge in [0.15, 0.2) is 0 Å². The predicted octanol–water partition coefficient (Wildman–Crippen LogP) is 3.05. The normalized spacial score (nSPS) is 18.4. The van der Waals surface area contributed by atoms with Gasteiger partial charge in [0.25, 0.3) is 0 Å². The van der Waals surface area contributed by atoms with Crippen molar-refractivity contribution in [2.45, 2.75) is 23.9 Å². The summed E-state index contributed by atoms with van der Waals surface area (Å²) in [5.74, 6) is -0.332. The molecule has 10 heteroatoms. The molecule has 0 aliphatic carbocycles. The molecule has 4 rings (SSSR count). The van der Waals surface area contributed by atoms with Crippen molar-refractivity contribution in [2.75, 3.05) is 26.2 Å². The molecule has 2 aliphatic heterocycles. The van der Waals surface area contributed by atoms with Crippen LogP contribution < -0.4 is 0 Å². The van der Waals surface area contributed by atoms with Gasteiger partial charge in [-0.25, -0.2) is 8.42 Å². The maximum atomic E-state index is 12.9. The summed E-state index contributed by atoms with van der Waals surface area (Å²) < 4.78 is 64.9. The molecule has 1 aromatic heterocycles. The lowest BCUT2D eigenvalue weighted by Crippen LogP contribution is -2.38. The van der Waals surface area contributed by atoms with Crippen molar-refractivity contribution >= 4 is 15.9 Å². The van der Waals surface area contributed by atoms with E-state index in [1.54, 1.807) is 4.90 Å². The Labute approximate surface area is 178 Å². The van der Waals surface area contributed by atoms with E-state index in [9.17, 15) is 26.4 Å². The molecular formula is C21H20F3N3O3S. The summed E-state index contributed by atoms with van der Waals surface area (Å²) >= 11 is 0. The van der Waals surface area contributed by atoms with Gasteiger partial charge in [-0.2, -0.15) is 17.5 Å². The first-order valence-corrected chi connectivity index (χ1v) is 11.1. The number of sulfonamides is 1. The third-order valence-electron chi connectivity index (χ3n) is 5.64. The molecule has 164 valence electrons. The highest BCUT2D eigenvalue weighted by Crippen LogP contribution is 2.32. The SMILES string of the molecule is C[C@@H](C(=O)N1CC2=C(C1)CN(S(=O)(=O)c1ccc(C(F)(F)F)nc1)C2)c1ccccc1.